The third-order valence-corrected chi connectivity index (χ3v) is 5.54. The van der Waals surface area contributed by atoms with E-state index in [0.717, 1.165) is 57.8 Å². The normalized spacial score (nSPS) is 29.1. The van der Waals surface area contributed by atoms with Crippen LogP contribution >= 0.6 is 11.8 Å². The van der Waals surface area contributed by atoms with Crippen LogP contribution in [0.25, 0.3) is 0 Å². The second kappa shape index (κ2) is 8.59. The molecular formula is C15H29NO3S. The maximum Gasteiger partial charge on any atom is 0.169 e. The maximum absolute atomic E-state index is 5.90. The molecule has 0 radical (unpaired) electrons. The van der Waals surface area contributed by atoms with Gasteiger partial charge in [0.25, 0.3) is 0 Å². The lowest BCUT2D eigenvalue weighted by atomic mass is 9.89. The molecule has 0 amide bonds. The monoisotopic (exact) mass is 303 g/mol. The summed E-state index contributed by atoms with van der Waals surface area (Å²) >= 11 is 2.05. The Balaban J connectivity index is 1.84. The van der Waals surface area contributed by atoms with Gasteiger partial charge >= 0.3 is 0 Å². The van der Waals surface area contributed by atoms with E-state index in [4.69, 9.17) is 14.2 Å². The maximum atomic E-state index is 5.90. The summed E-state index contributed by atoms with van der Waals surface area (Å²) in [6.45, 7) is 5.70. The molecule has 20 heavy (non-hydrogen) atoms. The molecule has 4 nitrogen and oxygen atoms in total. The molecule has 1 N–H and O–H groups in total. The summed E-state index contributed by atoms with van der Waals surface area (Å²) in [4.78, 5) is 0. The number of rotatable bonds is 8. The first kappa shape index (κ1) is 16.6. The minimum atomic E-state index is -0.274. The average molecular weight is 303 g/mol. The molecule has 1 heterocycles. The molecule has 1 spiro atoms. The van der Waals surface area contributed by atoms with Gasteiger partial charge < -0.3 is 19.5 Å². The molecule has 1 saturated carbocycles. The van der Waals surface area contributed by atoms with E-state index >= 15 is 0 Å². The van der Waals surface area contributed by atoms with Crippen LogP contribution in [0.4, 0.5) is 0 Å². The predicted octanol–water partition coefficient (Wildman–Crippen LogP) is 2.42. The molecule has 0 aromatic carbocycles. The van der Waals surface area contributed by atoms with Gasteiger partial charge in [0.15, 0.2) is 5.79 Å². The highest BCUT2D eigenvalue weighted by atomic mass is 32.2. The smallest absolute Gasteiger partial charge is 0.169 e. The summed E-state index contributed by atoms with van der Waals surface area (Å²) in [6.07, 6.45) is 5.51. The number of hydrogen-bond donors (Lipinski definition) is 1. The average Bonchev–Trinajstić information content (AvgIpc) is 2.91. The summed E-state index contributed by atoms with van der Waals surface area (Å²) in [5, 5.41) is 4.29. The Morgan fingerprint density at radius 2 is 2.15 bits per heavy atom. The molecule has 0 bridgehead atoms. The van der Waals surface area contributed by atoms with Gasteiger partial charge in [-0.3, -0.25) is 0 Å². The quantitative estimate of drug-likeness (QED) is 0.697. The van der Waals surface area contributed by atoms with Crippen LogP contribution in [0.3, 0.4) is 0 Å². The SMILES string of the molecule is CCCNC1CCC2(CC1SCCCOC)OCCO2. The van der Waals surface area contributed by atoms with Crippen molar-refractivity contribution in [1.82, 2.24) is 5.32 Å². The molecular weight excluding hydrogens is 274 g/mol. The third kappa shape index (κ3) is 4.60. The Labute approximate surface area is 127 Å². The van der Waals surface area contributed by atoms with Crippen molar-refractivity contribution in [1.29, 1.82) is 0 Å². The summed E-state index contributed by atoms with van der Waals surface area (Å²) in [5.41, 5.74) is 0. The van der Waals surface area contributed by atoms with Crippen molar-refractivity contribution < 1.29 is 14.2 Å². The van der Waals surface area contributed by atoms with E-state index in [1.807, 2.05) is 0 Å². The van der Waals surface area contributed by atoms with Gasteiger partial charge in [0.05, 0.1) is 13.2 Å². The molecule has 5 heteroatoms. The topological polar surface area (TPSA) is 39.7 Å². The van der Waals surface area contributed by atoms with E-state index in [-0.39, 0.29) is 5.79 Å². The molecule has 2 fully saturated rings. The lowest BCUT2D eigenvalue weighted by molar-refractivity contribution is -0.178. The van der Waals surface area contributed by atoms with E-state index in [1.54, 1.807) is 7.11 Å². The van der Waals surface area contributed by atoms with Crippen molar-refractivity contribution in [3.05, 3.63) is 0 Å². The van der Waals surface area contributed by atoms with Crippen LogP contribution in [-0.2, 0) is 14.2 Å². The van der Waals surface area contributed by atoms with Gasteiger partial charge in [-0.15, -0.1) is 0 Å². The molecule has 1 aliphatic carbocycles. The fourth-order valence-corrected chi connectivity index (χ4v) is 4.47. The van der Waals surface area contributed by atoms with Crippen molar-refractivity contribution >= 4 is 11.8 Å². The number of hydrogen-bond acceptors (Lipinski definition) is 5. The summed E-state index contributed by atoms with van der Waals surface area (Å²) < 4.78 is 16.9. The van der Waals surface area contributed by atoms with Gasteiger partial charge in [-0.1, -0.05) is 6.92 Å². The Bertz CT molecular complexity index is 272. The number of ether oxygens (including phenoxy) is 3. The van der Waals surface area contributed by atoms with E-state index in [1.165, 1.54) is 6.42 Å². The Morgan fingerprint density at radius 3 is 2.85 bits per heavy atom. The van der Waals surface area contributed by atoms with Crippen molar-refractivity contribution in [3.8, 4) is 0 Å². The zero-order valence-corrected chi connectivity index (χ0v) is 13.7. The zero-order valence-electron chi connectivity index (χ0n) is 12.9. The zero-order chi connectivity index (χ0) is 14.3. The molecule has 2 atom stereocenters. The van der Waals surface area contributed by atoms with Crippen LogP contribution in [0, 0.1) is 0 Å². The van der Waals surface area contributed by atoms with E-state index in [9.17, 15) is 0 Å². The molecule has 2 aliphatic rings. The van der Waals surface area contributed by atoms with Gasteiger partial charge in [0, 0.05) is 37.9 Å². The van der Waals surface area contributed by atoms with Crippen LogP contribution < -0.4 is 5.32 Å². The van der Waals surface area contributed by atoms with Crippen molar-refractivity contribution in [2.24, 2.45) is 0 Å². The second-order valence-electron chi connectivity index (χ2n) is 5.67. The summed E-state index contributed by atoms with van der Waals surface area (Å²) in [7, 11) is 1.77. The molecule has 1 aliphatic heterocycles. The van der Waals surface area contributed by atoms with Gasteiger partial charge in [0.1, 0.15) is 0 Å². The number of methoxy groups -OCH3 is 1. The van der Waals surface area contributed by atoms with Crippen LogP contribution in [0.2, 0.25) is 0 Å². The molecule has 1 saturated heterocycles. The molecule has 0 aromatic rings. The van der Waals surface area contributed by atoms with Crippen LogP contribution in [-0.4, -0.2) is 56.3 Å². The molecule has 0 aromatic heterocycles. The standard InChI is InChI=1S/C15H29NO3S/c1-3-7-16-13-5-6-15(18-9-10-19-15)12-14(13)20-11-4-8-17-2/h13-14,16H,3-12H2,1-2H3. The van der Waals surface area contributed by atoms with E-state index < -0.39 is 0 Å². The lowest BCUT2D eigenvalue weighted by Gasteiger charge is -2.41. The first-order valence-electron chi connectivity index (χ1n) is 7.91. The van der Waals surface area contributed by atoms with Crippen molar-refractivity contribution in [2.75, 3.05) is 39.2 Å². The first-order valence-corrected chi connectivity index (χ1v) is 8.96. The highest BCUT2D eigenvalue weighted by molar-refractivity contribution is 7.99. The fraction of sp³-hybridized carbons (Fsp3) is 1.00. The minimum absolute atomic E-state index is 0.274. The highest BCUT2D eigenvalue weighted by Crippen LogP contribution is 2.40. The fourth-order valence-electron chi connectivity index (χ4n) is 3.05. The molecule has 2 unspecified atom stereocenters. The van der Waals surface area contributed by atoms with Gasteiger partial charge in [-0.2, -0.15) is 11.8 Å². The van der Waals surface area contributed by atoms with Gasteiger partial charge in [-0.05, 0) is 31.6 Å². The first-order chi connectivity index (χ1) is 9.79. The van der Waals surface area contributed by atoms with Crippen molar-refractivity contribution in [3.63, 3.8) is 0 Å². The third-order valence-electron chi connectivity index (χ3n) is 4.09. The van der Waals surface area contributed by atoms with Crippen molar-refractivity contribution in [2.45, 2.75) is 56.1 Å². The predicted molar refractivity (Wildman–Crippen MR) is 83.3 cm³/mol. The lowest BCUT2D eigenvalue weighted by Crippen LogP contribution is -2.50. The van der Waals surface area contributed by atoms with Crippen LogP contribution in [0.1, 0.15) is 39.0 Å². The largest absolute Gasteiger partial charge is 0.385 e. The van der Waals surface area contributed by atoms with Gasteiger partial charge in [0.2, 0.25) is 0 Å². The second-order valence-corrected chi connectivity index (χ2v) is 7.01. The van der Waals surface area contributed by atoms with E-state index in [0.29, 0.717) is 11.3 Å². The Hall–Kier alpha value is 0.190. The van der Waals surface area contributed by atoms with Crippen LogP contribution in [0.15, 0.2) is 0 Å². The molecule has 118 valence electrons. The summed E-state index contributed by atoms with van der Waals surface area (Å²) in [5.74, 6) is 0.877. The van der Waals surface area contributed by atoms with Crippen LogP contribution in [0.5, 0.6) is 0 Å². The number of thioether (sulfide) groups is 1. The van der Waals surface area contributed by atoms with Gasteiger partial charge in [-0.25, -0.2) is 0 Å². The Morgan fingerprint density at radius 1 is 1.35 bits per heavy atom. The number of nitrogens with one attached hydrogen (secondary N) is 1. The highest BCUT2D eigenvalue weighted by Gasteiger charge is 2.44. The summed E-state index contributed by atoms with van der Waals surface area (Å²) in [6, 6.07) is 0.598. The minimum Gasteiger partial charge on any atom is -0.385 e. The Kier molecular flexibility index (Phi) is 7.11. The molecule has 2 rings (SSSR count). The van der Waals surface area contributed by atoms with E-state index in [2.05, 4.69) is 24.0 Å².